The molecule has 1 rings (SSSR count). The van der Waals surface area contributed by atoms with E-state index in [-0.39, 0.29) is 25.7 Å². The molecule has 1 heterocycles. The van der Waals surface area contributed by atoms with Crippen molar-refractivity contribution in [2.75, 3.05) is 6.54 Å². The van der Waals surface area contributed by atoms with Crippen LogP contribution in [0.2, 0.25) is 0 Å². The van der Waals surface area contributed by atoms with Gasteiger partial charge in [0.15, 0.2) is 0 Å². The molecule has 1 aliphatic rings. The number of carbonyl (C=O) groups is 4. The summed E-state index contributed by atoms with van der Waals surface area (Å²) >= 11 is 0. The number of nitrogens with zero attached hydrogens (tertiary/aromatic N) is 1. The van der Waals surface area contributed by atoms with Crippen LogP contribution in [0.5, 0.6) is 0 Å². The van der Waals surface area contributed by atoms with Crippen molar-refractivity contribution >= 4 is 23.8 Å². The van der Waals surface area contributed by atoms with Gasteiger partial charge in [-0.1, -0.05) is 0 Å². The van der Waals surface area contributed by atoms with Gasteiger partial charge >= 0.3 is 17.9 Å². The van der Waals surface area contributed by atoms with Gasteiger partial charge < -0.3 is 26.0 Å². The first-order valence-electron chi connectivity index (χ1n) is 5.94. The van der Waals surface area contributed by atoms with Gasteiger partial charge in [-0.15, -0.1) is 0 Å². The van der Waals surface area contributed by atoms with Crippen LogP contribution in [0, 0.1) is 0 Å². The fraction of sp³-hybridized carbons (Fsp3) is 0.636. The normalized spacial score (nSPS) is 25.4. The number of hydrogen-bond acceptors (Lipinski definition) is 5. The van der Waals surface area contributed by atoms with E-state index >= 15 is 0 Å². The highest BCUT2D eigenvalue weighted by molar-refractivity contribution is 5.89. The predicted octanol–water partition coefficient (Wildman–Crippen LogP) is -1.29. The van der Waals surface area contributed by atoms with Gasteiger partial charge in [0, 0.05) is 19.3 Å². The smallest absolute Gasteiger partial charge is 0.326 e. The maximum absolute atomic E-state index is 11.9. The van der Waals surface area contributed by atoms with E-state index in [4.69, 9.17) is 21.1 Å². The van der Waals surface area contributed by atoms with Crippen LogP contribution in [0.25, 0.3) is 0 Å². The number of likely N-dealkylation sites (tertiary alicyclic amines) is 1. The summed E-state index contributed by atoms with van der Waals surface area (Å²) in [6.45, 7) is -0.398. The molecule has 2 atom stereocenters. The van der Waals surface area contributed by atoms with E-state index < -0.39 is 41.9 Å². The number of carboxylic acids is 3. The topological polar surface area (TPSA) is 158 Å². The molecule has 1 aliphatic heterocycles. The quantitative estimate of drug-likeness (QED) is 0.469. The average Bonchev–Trinajstić information content (AvgIpc) is 2.68. The van der Waals surface area contributed by atoms with Crippen molar-refractivity contribution in [2.45, 2.75) is 37.3 Å². The van der Waals surface area contributed by atoms with E-state index in [2.05, 4.69) is 0 Å². The van der Waals surface area contributed by atoms with Crippen LogP contribution >= 0.6 is 0 Å². The highest BCUT2D eigenvalue weighted by atomic mass is 16.4. The largest absolute Gasteiger partial charge is 0.481 e. The maximum Gasteiger partial charge on any atom is 0.326 e. The van der Waals surface area contributed by atoms with Crippen LogP contribution in [0.1, 0.15) is 25.7 Å². The zero-order chi connectivity index (χ0) is 15.5. The molecule has 0 aromatic heterocycles. The van der Waals surface area contributed by atoms with Gasteiger partial charge in [-0.2, -0.15) is 0 Å². The molecule has 0 aromatic carbocycles. The van der Waals surface area contributed by atoms with Crippen LogP contribution in [-0.2, 0) is 19.2 Å². The Labute approximate surface area is 114 Å². The standard InChI is InChI=1S/C11H16N2O7/c12-11(10(19)20)4-6(9(17)18)13(5-11)7(14)2-1-3-8(15)16/h6H,1-5,12H2,(H,15,16)(H,17,18)(H,19,20)/t6-,11-/m1/s1. The molecule has 0 saturated carbocycles. The molecule has 0 unspecified atom stereocenters. The number of amides is 1. The maximum atomic E-state index is 11.9. The summed E-state index contributed by atoms with van der Waals surface area (Å²) < 4.78 is 0. The third kappa shape index (κ3) is 3.44. The van der Waals surface area contributed by atoms with Gasteiger partial charge in [0.1, 0.15) is 11.6 Å². The highest BCUT2D eigenvalue weighted by Gasteiger charge is 2.51. The number of carboxylic acid groups (broad SMARTS) is 3. The van der Waals surface area contributed by atoms with Gasteiger partial charge in [-0.3, -0.25) is 14.4 Å². The van der Waals surface area contributed by atoms with Crippen molar-refractivity contribution in [2.24, 2.45) is 5.73 Å². The number of aliphatic carboxylic acids is 3. The molecule has 0 radical (unpaired) electrons. The number of rotatable bonds is 6. The summed E-state index contributed by atoms with van der Waals surface area (Å²) in [6, 6.07) is -1.30. The molecule has 0 aromatic rings. The molecule has 20 heavy (non-hydrogen) atoms. The van der Waals surface area contributed by atoms with Crippen LogP contribution in [-0.4, -0.2) is 62.2 Å². The summed E-state index contributed by atoms with van der Waals surface area (Å²) in [5.74, 6) is -4.37. The van der Waals surface area contributed by atoms with Gasteiger partial charge in [-0.25, -0.2) is 4.79 Å². The van der Waals surface area contributed by atoms with Gasteiger partial charge in [0.2, 0.25) is 5.91 Å². The predicted molar refractivity (Wildman–Crippen MR) is 63.8 cm³/mol. The molecule has 1 saturated heterocycles. The first kappa shape index (κ1) is 15.9. The lowest BCUT2D eigenvalue weighted by atomic mass is 9.98. The van der Waals surface area contributed by atoms with E-state index in [0.29, 0.717) is 0 Å². The lowest BCUT2D eigenvalue weighted by Gasteiger charge is -2.22. The Morgan fingerprint density at radius 1 is 1.15 bits per heavy atom. The third-order valence-corrected chi connectivity index (χ3v) is 3.20. The minimum atomic E-state index is -1.79. The Morgan fingerprint density at radius 2 is 1.75 bits per heavy atom. The van der Waals surface area contributed by atoms with Crippen molar-refractivity contribution < 1.29 is 34.5 Å². The SMILES string of the molecule is N[C@]1(C(=O)O)C[C@H](C(=O)O)N(C(=O)CCCC(=O)O)C1. The summed E-state index contributed by atoms with van der Waals surface area (Å²) in [5.41, 5.74) is 3.80. The third-order valence-electron chi connectivity index (χ3n) is 3.20. The molecular weight excluding hydrogens is 272 g/mol. The van der Waals surface area contributed by atoms with Gasteiger partial charge in [0.25, 0.3) is 0 Å². The first-order chi connectivity index (χ1) is 9.17. The van der Waals surface area contributed by atoms with Crippen LogP contribution in [0.3, 0.4) is 0 Å². The summed E-state index contributed by atoms with van der Waals surface area (Å²) in [4.78, 5) is 45.2. The fourth-order valence-electron chi connectivity index (χ4n) is 2.11. The van der Waals surface area contributed by atoms with E-state index in [1.807, 2.05) is 0 Å². The molecule has 0 bridgehead atoms. The molecule has 5 N–H and O–H groups in total. The monoisotopic (exact) mass is 288 g/mol. The molecule has 0 spiro atoms. The van der Waals surface area contributed by atoms with Crippen molar-refractivity contribution in [3.05, 3.63) is 0 Å². The van der Waals surface area contributed by atoms with E-state index in [9.17, 15) is 19.2 Å². The van der Waals surface area contributed by atoms with Crippen LogP contribution in [0.15, 0.2) is 0 Å². The number of nitrogens with two attached hydrogens (primary N) is 1. The Bertz CT molecular complexity index is 450. The minimum Gasteiger partial charge on any atom is -0.481 e. The fourth-order valence-corrected chi connectivity index (χ4v) is 2.11. The summed E-state index contributed by atoms with van der Waals surface area (Å²) in [6.07, 6.45) is -0.695. The lowest BCUT2D eigenvalue weighted by molar-refractivity contribution is -0.148. The molecule has 9 heteroatoms. The van der Waals surface area contributed by atoms with E-state index in [1.165, 1.54) is 0 Å². The van der Waals surface area contributed by atoms with Gasteiger partial charge in [-0.05, 0) is 6.42 Å². The van der Waals surface area contributed by atoms with E-state index in [1.54, 1.807) is 0 Å². The molecule has 112 valence electrons. The minimum absolute atomic E-state index is 0.0572. The molecule has 0 aliphatic carbocycles. The Balaban J connectivity index is 2.75. The van der Waals surface area contributed by atoms with Crippen LogP contribution in [0.4, 0.5) is 0 Å². The number of carbonyl (C=O) groups excluding carboxylic acids is 1. The average molecular weight is 288 g/mol. The Kier molecular flexibility index (Phi) is 4.66. The summed E-state index contributed by atoms with van der Waals surface area (Å²) in [7, 11) is 0. The van der Waals surface area contributed by atoms with E-state index in [0.717, 1.165) is 4.90 Å². The zero-order valence-electron chi connectivity index (χ0n) is 10.6. The van der Waals surface area contributed by atoms with Crippen molar-refractivity contribution in [1.82, 2.24) is 4.90 Å². The number of hydrogen-bond donors (Lipinski definition) is 4. The molecule has 1 amide bonds. The first-order valence-corrected chi connectivity index (χ1v) is 5.94. The Hall–Kier alpha value is -2.16. The molecular formula is C11H16N2O7. The van der Waals surface area contributed by atoms with Crippen molar-refractivity contribution in [3.8, 4) is 0 Å². The highest BCUT2D eigenvalue weighted by Crippen LogP contribution is 2.27. The van der Waals surface area contributed by atoms with Crippen molar-refractivity contribution in [3.63, 3.8) is 0 Å². The second-order valence-electron chi connectivity index (χ2n) is 4.79. The molecule has 1 fully saturated rings. The summed E-state index contributed by atoms with van der Waals surface area (Å²) in [5, 5.41) is 26.5. The van der Waals surface area contributed by atoms with Gasteiger partial charge in [0.05, 0.1) is 6.54 Å². The van der Waals surface area contributed by atoms with Crippen molar-refractivity contribution in [1.29, 1.82) is 0 Å². The second-order valence-corrected chi connectivity index (χ2v) is 4.79. The Morgan fingerprint density at radius 3 is 2.20 bits per heavy atom. The van der Waals surface area contributed by atoms with Crippen LogP contribution < -0.4 is 5.73 Å². The lowest BCUT2D eigenvalue weighted by Crippen LogP contribution is -2.50. The second kappa shape index (κ2) is 5.87. The molecule has 9 nitrogen and oxygen atoms in total. The zero-order valence-corrected chi connectivity index (χ0v) is 10.6.